The molecular formula is C14H22N2O2S. The average molecular weight is 282 g/mol. The quantitative estimate of drug-likeness (QED) is 0.841. The maximum absolute atomic E-state index is 11.5. The summed E-state index contributed by atoms with van der Waals surface area (Å²) in [6.07, 6.45) is 1.29. The molecule has 1 aromatic rings. The molecule has 106 valence electrons. The Hall–Kier alpha value is -0.910. The fraction of sp³-hybridized carbons (Fsp3) is 0.571. The third-order valence-electron chi connectivity index (χ3n) is 3.70. The van der Waals surface area contributed by atoms with Crippen molar-refractivity contribution in [2.75, 3.05) is 32.4 Å². The number of hydrogen-bond donors (Lipinski definition) is 0. The van der Waals surface area contributed by atoms with Gasteiger partial charge < -0.3 is 0 Å². The summed E-state index contributed by atoms with van der Waals surface area (Å²) < 4.78 is 24.5. The van der Waals surface area contributed by atoms with Gasteiger partial charge in [-0.3, -0.25) is 4.90 Å². The smallest absolute Gasteiger partial charge is 0.211 e. The number of hydrogen-bond acceptors (Lipinski definition) is 3. The van der Waals surface area contributed by atoms with Gasteiger partial charge in [-0.1, -0.05) is 23.8 Å². The predicted octanol–water partition coefficient (Wildman–Crippen LogP) is 1.38. The molecule has 0 amide bonds. The van der Waals surface area contributed by atoms with E-state index in [4.69, 9.17) is 0 Å². The minimum absolute atomic E-state index is 0.601. The van der Waals surface area contributed by atoms with E-state index in [0.717, 1.165) is 19.6 Å². The Kier molecular flexibility index (Phi) is 4.28. The molecule has 1 aliphatic rings. The molecule has 1 fully saturated rings. The first-order valence-corrected chi connectivity index (χ1v) is 8.45. The summed E-state index contributed by atoms with van der Waals surface area (Å²) >= 11 is 0. The first-order chi connectivity index (χ1) is 8.86. The van der Waals surface area contributed by atoms with Gasteiger partial charge in [0.05, 0.1) is 6.26 Å². The molecule has 0 bridgehead atoms. The summed E-state index contributed by atoms with van der Waals surface area (Å²) in [5.74, 6) is 0. The molecule has 0 spiro atoms. The maximum Gasteiger partial charge on any atom is 0.211 e. The fourth-order valence-corrected chi connectivity index (χ4v) is 3.26. The Labute approximate surface area is 116 Å². The Morgan fingerprint density at radius 3 is 2.32 bits per heavy atom. The average Bonchev–Trinajstić information content (AvgIpc) is 2.33. The second-order valence-corrected chi connectivity index (χ2v) is 7.35. The van der Waals surface area contributed by atoms with Gasteiger partial charge in [0, 0.05) is 32.7 Å². The topological polar surface area (TPSA) is 40.6 Å². The Morgan fingerprint density at radius 1 is 1.11 bits per heavy atom. The molecule has 1 aliphatic heterocycles. The van der Waals surface area contributed by atoms with Gasteiger partial charge in [-0.15, -0.1) is 0 Å². The normalized spacial score (nSPS) is 18.7. The van der Waals surface area contributed by atoms with Crippen LogP contribution in [-0.4, -0.2) is 50.1 Å². The third kappa shape index (κ3) is 3.78. The summed E-state index contributed by atoms with van der Waals surface area (Å²) in [5, 5.41) is 0. The molecule has 0 aliphatic carbocycles. The summed E-state index contributed by atoms with van der Waals surface area (Å²) in [7, 11) is -3.03. The van der Waals surface area contributed by atoms with Gasteiger partial charge >= 0.3 is 0 Å². The van der Waals surface area contributed by atoms with Crippen LogP contribution < -0.4 is 0 Å². The lowest BCUT2D eigenvalue weighted by molar-refractivity contribution is 0.182. The molecule has 4 nitrogen and oxygen atoms in total. The van der Waals surface area contributed by atoms with Crippen molar-refractivity contribution in [3.05, 3.63) is 34.9 Å². The van der Waals surface area contributed by atoms with Gasteiger partial charge in [0.2, 0.25) is 10.0 Å². The molecule has 1 aromatic carbocycles. The van der Waals surface area contributed by atoms with E-state index in [1.807, 2.05) is 0 Å². The van der Waals surface area contributed by atoms with Crippen LogP contribution in [0.1, 0.15) is 16.7 Å². The lowest BCUT2D eigenvalue weighted by atomic mass is 10.1. The lowest BCUT2D eigenvalue weighted by Gasteiger charge is -2.33. The van der Waals surface area contributed by atoms with Gasteiger partial charge in [-0.25, -0.2) is 8.42 Å². The minimum Gasteiger partial charge on any atom is -0.296 e. The van der Waals surface area contributed by atoms with Gasteiger partial charge in [-0.05, 0) is 25.0 Å². The standard InChI is InChI=1S/C14H22N2O2S/c1-12-4-5-13(2)14(10-12)11-15-6-8-16(9-7-15)19(3,17)18/h4-5,10H,6-9,11H2,1-3H3. The first kappa shape index (κ1) is 14.5. The van der Waals surface area contributed by atoms with Crippen molar-refractivity contribution < 1.29 is 8.42 Å². The van der Waals surface area contributed by atoms with Gasteiger partial charge in [0.25, 0.3) is 0 Å². The highest BCUT2D eigenvalue weighted by molar-refractivity contribution is 7.88. The van der Waals surface area contributed by atoms with E-state index >= 15 is 0 Å². The third-order valence-corrected chi connectivity index (χ3v) is 5.00. The van der Waals surface area contributed by atoms with Crippen molar-refractivity contribution in [2.45, 2.75) is 20.4 Å². The highest BCUT2D eigenvalue weighted by Gasteiger charge is 2.23. The monoisotopic (exact) mass is 282 g/mol. The molecule has 1 saturated heterocycles. The van der Waals surface area contributed by atoms with Crippen LogP contribution in [0.3, 0.4) is 0 Å². The highest BCUT2D eigenvalue weighted by Crippen LogP contribution is 2.15. The van der Waals surface area contributed by atoms with E-state index in [2.05, 4.69) is 36.9 Å². The van der Waals surface area contributed by atoms with E-state index in [0.29, 0.717) is 13.1 Å². The number of benzene rings is 1. The van der Waals surface area contributed by atoms with Crippen molar-refractivity contribution in [3.63, 3.8) is 0 Å². The van der Waals surface area contributed by atoms with Gasteiger partial charge in [-0.2, -0.15) is 4.31 Å². The molecule has 0 unspecified atom stereocenters. The van der Waals surface area contributed by atoms with Crippen LogP contribution in [0.2, 0.25) is 0 Å². The number of sulfonamides is 1. The predicted molar refractivity (Wildman–Crippen MR) is 77.6 cm³/mol. The molecule has 0 aromatic heterocycles. The molecule has 19 heavy (non-hydrogen) atoms. The van der Waals surface area contributed by atoms with Crippen LogP contribution in [-0.2, 0) is 16.6 Å². The molecule has 0 saturated carbocycles. The number of aryl methyl sites for hydroxylation is 2. The van der Waals surface area contributed by atoms with E-state index in [9.17, 15) is 8.42 Å². The van der Waals surface area contributed by atoms with Crippen LogP contribution >= 0.6 is 0 Å². The molecule has 0 N–H and O–H groups in total. The second-order valence-electron chi connectivity index (χ2n) is 5.37. The van der Waals surface area contributed by atoms with E-state index in [-0.39, 0.29) is 0 Å². The Bertz CT molecular complexity index is 547. The Morgan fingerprint density at radius 2 is 1.74 bits per heavy atom. The van der Waals surface area contributed by atoms with Crippen LogP contribution in [0.5, 0.6) is 0 Å². The number of rotatable bonds is 3. The highest BCUT2D eigenvalue weighted by atomic mass is 32.2. The van der Waals surface area contributed by atoms with Crippen molar-refractivity contribution in [1.82, 2.24) is 9.21 Å². The first-order valence-electron chi connectivity index (χ1n) is 6.60. The van der Waals surface area contributed by atoms with E-state index in [1.54, 1.807) is 4.31 Å². The van der Waals surface area contributed by atoms with Crippen molar-refractivity contribution in [2.24, 2.45) is 0 Å². The minimum atomic E-state index is -3.03. The summed E-state index contributed by atoms with van der Waals surface area (Å²) in [6, 6.07) is 6.50. The van der Waals surface area contributed by atoms with Gasteiger partial charge in [0.15, 0.2) is 0 Å². The molecular weight excluding hydrogens is 260 g/mol. The molecule has 0 atom stereocenters. The lowest BCUT2D eigenvalue weighted by Crippen LogP contribution is -2.47. The van der Waals surface area contributed by atoms with Crippen molar-refractivity contribution in [3.8, 4) is 0 Å². The molecule has 1 heterocycles. The largest absolute Gasteiger partial charge is 0.296 e. The van der Waals surface area contributed by atoms with Crippen LogP contribution in [0.15, 0.2) is 18.2 Å². The number of piperazine rings is 1. The zero-order valence-electron chi connectivity index (χ0n) is 11.9. The van der Waals surface area contributed by atoms with E-state index in [1.165, 1.54) is 22.9 Å². The maximum atomic E-state index is 11.5. The molecule has 2 rings (SSSR count). The van der Waals surface area contributed by atoms with Crippen LogP contribution in [0.25, 0.3) is 0 Å². The zero-order valence-corrected chi connectivity index (χ0v) is 12.7. The van der Waals surface area contributed by atoms with Gasteiger partial charge in [0.1, 0.15) is 0 Å². The second kappa shape index (κ2) is 5.61. The van der Waals surface area contributed by atoms with Crippen molar-refractivity contribution in [1.29, 1.82) is 0 Å². The molecule has 5 heteroatoms. The molecule has 0 radical (unpaired) electrons. The van der Waals surface area contributed by atoms with Crippen LogP contribution in [0.4, 0.5) is 0 Å². The summed E-state index contributed by atoms with van der Waals surface area (Å²) in [5.41, 5.74) is 3.92. The van der Waals surface area contributed by atoms with E-state index < -0.39 is 10.0 Å². The zero-order chi connectivity index (χ0) is 14.0. The number of nitrogens with zero attached hydrogens (tertiary/aromatic N) is 2. The summed E-state index contributed by atoms with van der Waals surface area (Å²) in [6.45, 7) is 7.95. The summed E-state index contributed by atoms with van der Waals surface area (Å²) in [4.78, 5) is 2.32. The SMILES string of the molecule is Cc1ccc(C)c(CN2CCN(S(C)(=O)=O)CC2)c1. The fourth-order valence-electron chi connectivity index (χ4n) is 2.43. The Balaban J connectivity index is 1.98. The van der Waals surface area contributed by atoms with Crippen molar-refractivity contribution >= 4 is 10.0 Å². The van der Waals surface area contributed by atoms with Crippen LogP contribution in [0, 0.1) is 13.8 Å².